The summed E-state index contributed by atoms with van der Waals surface area (Å²) in [5.41, 5.74) is 3.25. The Hall–Kier alpha value is -2.80. The first kappa shape index (κ1) is 21.1. The molecule has 0 unspecified atom stereocenters. The van der Waals surface area contributed by atoms with Gasteiger partial charge in [-0.3, -0.25) is 0 Å². The molecule has 0 spiro atoms. The summed E-state index contributed by atoms with van der Waals surface area (Å²) in [4.78, 5) is 20.3. The van der Waals surface area contributed by atoms with Gasteiger partial charge >= 0.3 is 0 Å². The fourth-order valence-corrected chi connectivity index (χ4v) is 4.83. The van der Waals surface area contributed by atoms with Crippen LogP contribution in [0.2, 0.25) is 0 Å². The van der Waals surface area contributed by atoms with E-state index in [2.05, 4.69) is 37.0 Å². The molecule has 32 heavy (non-hydrogen) atoms. The molecule has 1 aliphatic carbocycles. The molecule has 1 aliphatic heterocycles. The van der Waals surface area contributed by atoms with Crippen LogP contribution < -0.4 is 9.64 Å². The van der Waals surface area contributed by atoms with Gasteiger partial charge in [-0.25, -0.2) is 19.9 Å². The number of hydrogen-bond donors (Lipinski definition) is 0. The summed E-state index contributed by atoms with van der Waals surface area (Å²) in [5, 5.41) is 0.992. The van der Waals surface area contributed by atoms with E-state index in [1.807, 2.05) is 32.3 Å². The summed E-state index contributed by atoms with van der Waals surface area (Å²) < 4.78 is 12.1. The number of aromatic nitrogens is 4. The molecule has 2 fully saturated rings. The van der Waals surface area contributed by atoms with Crippen molar-refractivity contribution < 1.29 is 10.9 Å². The summed E-state index contributed by atoms with van der Waals surface area (Å²) in [6.45, 7) is 7.18. The highest BCUT2D eigenvalue weighted by Crippen LogP contribution is 2.35. The van der Waals surface area contributed by atoms with Gasteiger partial charge in [0.2, 0.25) is 0 Å². The van der Waals surface area contributed by atoms with Crippen molar-refractivity contribution in [3.05, 3.63) is 47.9 Å². The first-order chi connectivity index (χ1) is 15.6. The van der Waals surface area contributed by atoms with E-state index >= 15 is 0 Å². The maximum atomic E-state index is 6.59. The molecule has 1 saturated heterocycles. The minimum atomic E-state index is 0. The highest BCUT2D eigenvalue weighted by Gasteiger charge is 2.24. The van der Waals surface area contributed by atoms with Gasteiger partial charge in [0.1, 0.15) is 17.4 Å². The molecule has 2 aromatic heterocycles. The molecule has 1 aromatic carbocycles. The highest BCUT2D eigenvalue weighted by atomic mass is 16.5. The van der Waals surface area contributed by atoms with E-state index in [9.17, 15) is 0 Å². The van der Waals surface area contributed by atoms with E-state index in [0.29, 0.717) is 5.92 Å². The predicted molar refractivity (Wildman–Crippen MR) is 126 cm³/mol. The van der Waals surface area contributed by atoms with Crippen LogP contribution in [0.15, 0.2) is 30.6 Å². The van der Waals surface area contributed by atoms with E-state index < -0.39 is 0 Å². The molecule has 1 saturated carbocycles. The van der Waals surface area contributed by atoms with Crippen molar-refractivity contribution in [3.63, 3.8) is 0 Å². The van der Waals surface area contributed by atoms with Gasteiger partial charge in [0.05, 0.1) is 30.2 Å². The highest BCUT2D eigenvalue weighted by molar-refractivity contribution is 5.88. The van der Waals surface area contributed by atoms with Crippen molar-refractivity contribution in [2.75, 3.05) is 31.2 Å². The Bertz CT molecular complexity index is 1080. The first-order valence-corrected chi connectivity index (χ1v) is 11.7. The van der Waals surface area contributed by atoms with Gasteiger partial charge in [-0.1, -0.05) is 0 Å². The standard InChI is InChI=1S/C25H31N5O2.H2/c1-17-26-8-7-20(28-17)13-19-3-5-22(6-4-19)32-25-15-21(30-9-11-31-12-10-30)14-24-23(25)16-27-18(2)29-24;/h7-8,14-16,19,22H,3-6,9-13H2,1-2H3;1H. The monoisotopic (exact) mass is 435 g/mol. The summed E-state index contributed by atoms with van der Waals surface area (Å²) >= 11 is 0. The molecule has 0 radical (unpaired) electrons. The molecule has 0 amide bonds. The van der Waals surface area contributed by atoms with Crippen molar-refractivity contribution in [3.8, 4) is 5.75 Å². The Balaban J connectivity index is 0.00000259. The van der Waals surface area contributed by atoms with Crippen LogP contribution in [-0.4, -0.2) is 52.3 Å². The lowest BCUT2D eigenvalue weighted by atomic mass is 9.84. The Morgan fingerprint density at radius 2 is 1.81 bits per heavy atom. The third-order valence-corrected chi connectivity index (χ3v) is 6.56. The van der Waals surface area contributed by atoms with E-state index in [0.717, 1.165) is 98.1 Å². The molecule has 0 N–H and O–H groups in total. The van der Waals surface area contributed by atoms with Crippen LogP contribution in [0.3, 0.4) is 0 Å². The largest absolute Gasteiger partial charge is 0.490 e. The fraction of sp³-hybridized carbons (Fsp3) is 0.520. The third-order valence-electron chi connectivity index (χ3n) is 6.56. The summed E-state index contributed by atoms with van der Waals surface area (Å²) in [7, 11) is 0. The van der Waals surface area contributed by atoms with Gasteiger partial charge < -0.3 is 14.4 Å². The van der Waals surface area contributed by atoms with Gasteiger partial charge in [-0.05, 0) is 64.0 Å². The smallest absolute Gasteiger partial charge is 0.132 e. The lowest BCUT2D eigenvalue weighted by molar-refractivity contribution is 0.122. The zero-order valence-corrected chi connectivity index (χ0v) is 19.0. The average molecular weight is 436 g/mol. The van der Waals surface area contributed by atoms with Crippen molar-refractivity contribution in [2.24, 2.45) is 5.92 Å². The minimum absolute atomic E-state index is 0. The van der Waals surface area contributed by atoms with E-state index in [1.54, 1.807) is 0 Å². The van der Waals surface area contributed by atoms with Gasteiger partial charge in [-0.2, -0.15) is 0 Å². The second-order valence-electron chi connectivity index (χ2n) is 8.95. The number of fused-ring (bicyclic) bond motifs is 1. The Morgan fingerprint density at radius 1 is 1.03 bits per heavy atom. The quantitative estimate of drug-likeness (QED) is 0.591. The maximum absolute atomic E-state index is 6.59. The SMILES string of the molecule is Cc1nccc(CC2CCC(Oc3cc(N4CCOCC4)cc4nc(C)ncc34)CC2)n1.[HH]. The maximum Gasteiger partial charge on any atom is 0.132 e. The minimum Gasteiger partial charge on any atom is -0.490 e. The number of benzene rings is 1. The van der Waals surface area contributed by atoms with Crippen LogP contribution in [0.25, 0.3) is 10.9 Å². The van der Waals surface area contributed by atoms with Crippen LogP contribution in [0.4, 0.5) is 5.69 Å². The summed E-state index contributed by atoms with van der Waals surface area (Å²) in [5.74, 6) is 3.19. The van der Waals surface area contributed by atoms with Crippen molar-refractivity contribution >= 4 is 16.6 Å². The van der Waals surface area contributed by atoms with Gasteiger partial charge in [0, 0.05) is 44.4 Å². The molecule has 5 rings (SSSR count). The van der Waals surface area contributed by atoms with Crippen molar-refractivity contribution in [2.45, 2.75) is 52.1 Å². The zero-order chi connectivity index (χ0) is 21.9. The fourth-order valence-electron chi connectivity index (χ4n) is 4.83. The third kappa shape index (κ3) is 4.83. The van der Waals surface area contributed by atoms with Gasteiger partial charge in [-0.15, -0.1) is 0 Å². The van der Waals surface area contributed by atoms with Crippen LogP contribution in [0, 0.1) is 19.8 Å². The molecule has 0 bridgehead atoms. The predicted octanol–water partition coefficient (Wildman–Crippen LogP) is 4.30. The lowest BCUT2D eigenvalue weighted by Gasteiger charge is -2.31. The molecule has 2 aliphatic rings. The van der Waals surface area contributed by atoms with Gasteiger partial charge in [0.15, 0.2) is 0 Å². The molecule has 7 heteroatoms. The van der Waals surface area contributed by atoms with E-state index in [4.69, 9.17) is 9.47 Å². The van der Waals surface area contributed by atoms with Crippen molar-refractivity contribution in [1.29, 1.82) is 0 Å². The zero-order valence-electron chi connectivity index (χ0n) is 19.0. The second-order valence-corrected chi connectivity index (χ2v) is 8.95. The molecule has 3 aromatic rings. The Kier molecular flexibility index (Phi) is 6.17. The average Bonchev–Trinajstić information content (AvgIpc) is 2.80. The second kappa shape index (κ2) is 9.36. The van der Waals surface area contributed by atoms with Crippen LogP contribution in [0.5, 0.6) is 5.75 Å². The topological polar surface area (TPSA) is 73.3 Å². The number of rotatable bonds is 5. The summed E-state index contributed by atoms with van der Waals surface area (Å²) in [6, 6.07) is 6.37. The van der Waals surface area contributed by atoms with Crippen LogP contribution >= 0.6 is 0 Å². The Labute approximate surface area is 190 Å². The van der Waals surface area contributed by atoms with E-state index in [1.165, 1.54) is 0 Å². The number of anilines is 1. The molecule has 0 atom stereocenters. The summed E-state index contributed by atoms with van der Waals surface area (Å²) in [6.07, 6.45) is 9.45. The molecule has 3 heterocycles. The van der Waals surface area contributed by atoms with Crippen LogP contribution in [0.1, 0.15) is 44.5 Å². The molecular weight excluding hydrogens is 402 g/mol. The molecule has 7 nitrogen and oxygen atoms in total. The van der Waals surface area contributed by atoms with E-state index in [-0.39, 0.29) is 7.53 Å². The van der Waals surface area contributed by atoms with Crippen LogP contribution in [-0.2, 0) is 11.2 Å². The van der Waals surface area contributed by atoms with Crippen molar-refractivity contribution in [1.82, 2.24) is 19.9 Å². The van der Waals surface area contributed by atoms with Gasteiger partial charge in [0.25, 0.3) is 0 Å². The number of ether oxygens (including phenoxy) is 2. The molecule has 170 valence electrons. The normalized spacial score (nSPS) is 21.6. The number of morpholine rings is 1. The Morgan fingerprint density at radius 3 is 2.59 bits per heavy atom. The molecular formula is C25H33N5O2. The first-order valence-electron chi connectivity index (χ1n) is 11.7. The number of hydrogen-bond acceptors (Lipinski definition) is 7. The lowest BCUT2D eigenvalue weighted by Crippen LogP contribution is -2.36. The number of nitrogens with zero attached hydrogens (tertiary/aromatic N) is 5. The number of aryl methyl sites for hydroxylation is 2.